The Labute approximate surface area is 171 Å². The van der Waals surface area contributed by atoms with Gasteiger partial charge in [0.25, 0.3) is 5.91 Å². The molecule has 0 unspecified atom stereocenters. The number of imidazole rings is 1. The zero-order chi connectivity index (χ0) is 20.9. The van der Waals surface area contributed by atoms with Crippen molar-refractivity contribution in [2.24, 2.45) is 0 Å². The molecule has 0 aliphatic carbocycles. The van der Waals surface area contributed by atoms with Crippen molar-refractivity contribution in [3.05, 3.63) is 48.0 Å². The van der Waals surface area contributed by atoms with Crippen molar-refractivity contribution in [3.8, 4) is 0 Å². The Hall–Kier alpha value is -3.08. The highest BCUT2D eigenvalue weighted by Gasteiger charge is 2.61. The van der Waals surface area contributed by atoms with E-state index in [2.05, 4.69) is 31.7 Å². The van der Waals surface area contributed by atoms with Crippen LogP contribution in [0.15, 0.2) is 36.9 Å². The third-order valence-corrected chi connectivity index (χ3v) is 5.77. The van der Waals surface area contributed by atoms with E-state index in [1.165, 1.54) is 22.8 Å². The summed E-state index contributed by atoms with van der Waals surface area (Å²) in [6.45, 7) is 2.98. The van der Waals surface area contributed by atoms with E-state index in [1.54, 1.807) is 0 Å². The lowest BCUT2D eigenvalue weighted by Gasteiger charge is -2.23. The number of amides is 1. The molecule has 10 nitrogen and oxygen atoms in total. The van der Waals surface area contributed by atoms with E-state index in [1.807, 2.05) is 25.1 Å². The Balaban J connectivity index is 1.44. The number of aryl methyl sites for hydroxylation is 1. The number of aliphatic hydroxyl groups excluding tert-OH is 2. The summed E-state index contributed by atoms with van der Waals surface area (Å²) < 4.78 is 7.44. The van der Waals surface area contributed by atoms with Gasteiger partial charge < -0.3 is 25.6 Å². The number of hydrogen-bond acceptors (Lipinski definition) is 8. The first-order valence-corrected chi connectivity index (χ1v) is 9.79. The molecule has 156 valence electrons. The number of benzene rings is 1. The zero-order valence-electron chi connectivity index (χ0n) is 16.3. The number of hydrogen-bond donors (Lipinski definition) is 4. The predicted octanol–water partition coefficient (Wildman–Crippen LogP) is 0.256. The normalized spacial score (nSPS) is 28.4. The molecule has 2 aliphatic rings. The number of aliphatic hydroxyl groups is 2. The maximum absolute atomic E-state index is 12.3. The van der Waals surface area contributed by atoms with E-state index in [-0.39, 0.29) is 6.42 Å². The second kappa shape index (κ2) is 7.01. The summed E-state index contributed by atoms with van der Waals surface area (Å²) >= 11 is 0. The van der Waals surface area contributed by atoms with Gasteiger partial charge in [-0.05, 0) is 12.5 Å². The molecular weight excluding hydrogens is 388 g/mol. The summed E-state index contributed by atoms with van der Waals surface area (Å²) in [4.78, 5) is 25.2. The average Bonchev–Trinajstić information content (AvgIpc) is 3.40. The second-order valence-corrected chi connectivity index (χ2v) is 7.73. The monoisotopic (exact) mass is 410 g/mol. The van der Waals surface area contributed by atoms with Crippen molar-refractivity contribution in [1.82, 2.24) is 24.8 Å². The fraction of sp³-hybridized carbons (Fsp3) is 0.400. The number of nitrogens with zero attached hydrogens (tertiary/aromatic N) is 4. The maximum Gasteiger partial charge on any atom is 0.255 e. The lowest BCUT2D eigenvalue weighted by Crippen LogP contribution is -2.48. The number of anilines is 1. The number of aromatic nitrogens is 4. The smallest absolute Gasteiger partial charge is 0.255 e. The van der Waals surface area contributed by atoms with Gasteiger partial charge in [-0.15, -0.1) is 0 Å². The minimum Gasteiger partial charge on any atom is -0.387 e. The van der Waals surface area contributed by atoms with Gasteiger partial charge in [0.2, 0.25) is 0 Å². The van der Waals surface area contributed by atoms with Gasteiger partial charge in [-0.2, -0.15) is 0 Å². The summed E-state index contributed by atoms with van der Waals surface area (Å²) in [5.41, 5.74) is 1.76. The summed E-state index contributed by atoms with van der Waals surface area (Å²) in [6, 6.07) is 8.13. The zero-order valence-corrected chi connectivity index (χ0v) is 16.3. The van der Waals surface area contributed by atoms with Crippen LogP contribution in [-0.2, 0) is 16.1 Å². The SMILES string of the molecule is Cc1cccc(CNc2ncnc3c2ncn3[C@@H]2O[C@@]3(CCNC3=O)[C@@H](O)[C@H]2O)c1. The maximum atomic E-state index is 12.3. The highest BCUT2D eigenvalue weighted by atomic mass is 16.6. The highest BCUT2D eigenvalue weighted by molar-refractivity contribution is 5.88. The number of nitrogens with one attached hydrogen (secondary N) is 2. The molecule has 5 rings (SSSR count). The van der Waals surface area contributed by atoms with Gasteiger partial charge >= 0.3 is 0 Å². The van der Waals surface area contributed by atoms with Crippen LogP contribution >= 0.6 is 0 Å². The van der Waals surface area contributed by atoms with Crippen molar-refractivity contribution in [2.45, 2.75) is 43.9 Å². The van der Waals surface area contributed by atoms with Crippen LogP contribution in [-0.4, -0.2) is 60.0 Å². The first kappa shape index (κ1) is 18.9. The van der Waals surface area contributed by atoms with E-state index in [0.29, 0.717) is 30.1 Å². The van der Waals surface area contributed by atoms with Crippen LogP contribution < -0.4 is 10.6 Å². The van der Waals surface area contributed by atoms with Crippen molar-refractivity contribution in [1.29, 1.82) is 0 Å². The van der Waals surface area contributed by atoms with Crippen LogP contribution in [0.5, 0.6) is 0 Å². The van der Waals surface area contributed by atoms with Gasteiger partial charge in [-0.25, -0.2) is 15.0 Å². The lowest BCUT2D eigenvalue weighted by molar-refractivity contribution is -0.152. The standard InChI is InChI=1S/C20H22N6O4/c1-11-3-2-4-12(7-11)8-22-16-13-17(24-9-23-16)26(10-25-13)18-14(27)15(28)20(30-18)5-6-21-19(20)29/h2-4,7,9-10,14-15,18,27-28H,5-6,8H2,1H3,(H,21,29)(H,22,23,24)/t14-,15+,18-,20+/m1/s1. The summed E-state index contributed by atoms with van der Waals surface area (Å²) in [7, 11) is 0. The third-order valence-electron chi connectivity index (χ3n) is 5.77. The van der Waals surface area contributed by atoms with Gasteiger partial charge in [0, 0.05) is 19.5 Å². The topological polar surface area (TPSA) is 134 Å². The molecule has 2 fully saturated rings. The minimum absolute atomic E-state index is 0.283. The van der Waals surface area contributed by atoms with E-state index in [9.17, 15) is 15.0 Å². The molecule has 1 aromatic carbocycles. The number of carbonyl (C=O) groups excluding carboxylic acids is 1. The predicted molar refractivity (Wildman–Crippen MR) is 106 cm³/mol. The van der Waals surface area contributed by atoms with Crippen LogP contribution in [0.1, 0.15) is 23.8 Å². The number of ether oxygens (including phenoxy) is 1. The Morgan fingerprint density at radius 3 is 2.97 bits per heavy atom. The molecule has 4 N–H and O–H groups in total. The van der Waals surface area contributed by atoms with E-state index in [0.717, 1.165) is 5.56 Å². The van der Waals surface area contributed by atoms with Gasteiger partial charge in [-0.3, -0.25) is 9.36 Å². The van der Waals surface area contributed by atoms with E-state index in [4.69, 9.17) is 4.74 Å². The average molecular weight is 410 g/mol. The molecule has 10 heteroatoms. The summed E-state index contributed by atoms with van der Waals surface area (Å²) in [6.07, 6.45) is -0.481. The van der Waals surface area contributed by atoms with Gasteiger partial charge in [0.15, 0.2) is 28.8 Å². The van der Waals surface area contributed by atoms with Gasteiger partial charge in [-0.1, -0.05) is 29.8 Å². The molecule has 4 atom stereocenters. The molecule has 0 bridgehead atoms. The second-order valence-electron chi connectivity index (χ2n) is 7.73. The van der Waals surface area contributed by atoms with Crippen LogP contribution in [0.3, 0.4) is 0 Å². The number of rotatable bonds is 4. The fourth-order valence-corrected chi connectivity index (χ4v) is 4.20. The van der Waals surface area contributed by atoms with Crippen LogP contribution in [0.4, 0.5) is 5.82 Å². The molecular formula is C20H22N6O4. The molecule has 2 saturated heterocycles. The van der Waals surface area contributed by atoms with Crippen LogP contribution in [0, 0.1) is 6.92 Å². The first-order valence-electron chi connectivity index (χ1n) is 9.79. The lowest BCUT2D eigenvalue weighted by atomic mass is 9.94. The summed E-state index contributed by atoms with van der Waals surface area (Å²) in [5.74, 6) is 0.123. The Morgan fingerprint density at radius 1 is 1.33 bits per heavy atom. The number of carbonyl (C=O) groups is 1. The van der Waals surface area contributed by atoms with Crippen molar-refractivity contribution in [3.63, 3.8) is 0 Å². The molecule has 0 saturated carbocycles. The van der Waals surface area contributed by atoms with Crippen molar-refractivity contribution < 1.29 is 19.7 Å². The van der Waals surface area contributed by atoms with Gasteiger partial charge in [0.1, 0.15) is 18.5 Å². The molecule has 4 heterocycles. The van der Waals surface area contributed by atoms with Gasteiger partial charge in [0.05, 0.1) is 6.33 Å². The molecule has 30 heavy (non-hydrogen) atoms. The van der Waals surface area contributed by atoms with Crippen molar-refractivity contribution in [2.75, 3.05) is 11.9 Å². The molecule has 2 aliphatic heterocycles. The van der Waals surface area contributed by atoms with E-state index < -0.39 is 29.9 Å². The molecule has 3 aromatic rings. The summed E-state index contributed by atoms with van der Waals surface area (Å²) in [5, 5.41) is 27.1. The Kier molecular flexibility index (Phi) is 4.42. The van der Waals surface area contributed by atoms with Crippen molar-refractivity contribution >= 4 is 22.9 Å². The largest absolute Gasteiger partial charge is 0.387 e. The van der Waals surface area contributed by atoms with Crippen LogP contribution in [0.25, 0.3) is 11.2 Å². The fourth-order valence-electron chi connectivity index (χ4n) is 4.20. The van der Waals surface area contributed by atoms with E-state index >= 15 is 0 Å². The number of fused-ring (bicyclic) bond motifs is 1. The molecule has 1 spiro atoms. The molecule has 0 radical (unpaired) electrons. The molecule has 1 amide bonds. The quantitative estimate of drug-likeness (QED) is 0.481. The Bertz CT molecular complexity index is 1120. The highest BCUT2D eigenvalue weighted by Crippen LogP contribution is 2.42. The molecule has 2 aromatic heterocycles. The Morgan fingerprint density at radius 2 is 2.20 bits per heavy atom. The van der Waals surface area contributed by atoms with Crippen LogP contribution in [0.2, 0.25) is 0 Å². The minimum atomic E-state index is -1.46. The third kappa shape index (κ3) is 2.83. The first-order chi connectivity index (χ1) is 14.5.